The van der Waals surface area contributed by atoms with Crippen molar-refractivity contribution >= 4 is 21.4 Å². The van der Waals surface area contributed by atoms with Gasteiger partial charge in [0.15, 0.2) is 6.29 Å². The summed E-state index contributed by atoms with van der Waals surface area (Å²) in [6.45, 7) is 6.20. The lowest BCUT2D eigenvalue weighted by Gasteiger charge is -2.44. The number of sulfonamides is 1. The normalized spacial score (nSPS) is 20.8. The molecule has 280 valence electrons. The van der Waals surface area contributed by atoms with Gasteiger partial charge in [-0.25, -0.2) is 13.1 Å². The number of nitro benzene ring substituents is 1. The fraction of sp³-hybridized carbons (Fsp3) is 0.286. The number of non-ortho nitro benzene ring substituents is 1. The third-order valence-corrected chi connectivity index (χ3v) is 11.7. The molecule has 0 aromatic heterocycles. The summed E-state index contributed by atoms with van der Waals surface area (Å²) in [5.74, 6) is 0.0217. The van der Waals surface area contributed by atoms with Crippen molar-refractivity contribution in [3.8, 4) is 11.1 Å². The van der Waals surface area contributed by atoms with Gasteiger partial charge in [-0.05, 0) is 64.2 Å². The summed E-state index contributed by atoms with van der Waals surface area (Å²) in [5.41, 5.74) is 6.51. The van der Waals surface area contributed by atoms with Crippen LogP contribution in [0.4, 0.5) is 11.4 Å². The quantitative estimate of drug-likeness (QED) is 0.104. The predicted octanol–water partition coefficient (Wildman–Crippen LogP) is 6.85. The van der Waals surface area contributed by atoms with Gasteiger partial charge in [-0.15, -0.1) is 0 Å². The summed E-state index contributed by atoms with van der Waals surface area (Å²) in [6.07, 6.45) is -1.05. The van der Waals surface area contributed by atoms with Crippen LogP contribution in [0.15, 0.2) is 132 Å². The Balaban J connectivity index is 1.08. The second-order valence-electron chi connectivity index (χ2n) is 13.8. The number of nitrogens with zero attached hydrogens (tertiary/aromatic N) is 3. The fourth-order valence-electron chi connectivity index (χ4n) is 7.14. The maximum atomic E-state index is 12.8. The average molecular weight is 749 g/mol. The highest BCUT2D eigenvalue weighted by atomic mass is 32.2. The minimum Gasteiger partial charge on any atom is -0.392 e. The van der Waals surface area contributed by atoms with Gasteiger partial charge >= 0.3 is 0 Å². The molecule has 0 aliphatic carbocycles. The van der Waals surface area contributed by atoms with Crippen LogP contribution in [0.2, 0.25) is 0 Å². The van der Waals surface area contributed by atoms with Crippen molar-refractivity contribution in [2.45, 2.75) is 43.5 Å². The molecule has 0 saturated carbocycles. The van der Waals surface area contributed by atoms with E-state index >= 15 is 0 Å². The van der Waals surface area contributed by atoms with E-state index in [0.717, 1.165) is 65.2 Å². The van der Waals surface area contributed by atoms with Crippen LogP contribution in [-0.2, 0) is 32.6 Å². The van der Waals surface area contributed by atoms with Crippen LogP contribution in [0.5, 0.6) is 0 Å². The minimum atomic E-state index is -3.65. The summed E-state index contributed by atoms with van der Waals surface area (Å²) in [5, 5.41) is 20.8. The van der Waals surface area contributed by atoms with Gasteiger partial charge in [-0.2, -0.15) is 0 Å². The molecule has 2 saturated heterocycles. The van der Waals surface area contributed by atoms with Crippen molar-refractivity contribution in [3.05, 3.63) is 160 Å². The Kier molecular flexibility index (Phi) is 11.5. The first kappa shape index (κ1) is 37.4. The first-order valence-corrected chi connectivity index (χ1v) is 19.6. The Morgan fingerprint density at radius 1 is 0.778 bits per heavy atom. The van der Waals surface area contributed by atoms with E-state index in [1.807, 2.05) is 78.9 Å². The predicted molar refractivity (Wildman–Crippen MR) is 207 cm³/mol. The summed E-state index contributed by atoms with van der Waals surface area (Å²) in [4.78, 5) is 15.6. The number of nitro groups is 1. The molecule has 5 aromatic carbocycles. The molecule has 0 spiro atoms. The van der Waals surface area contributed by atoms with Crippen LogP contribution in [-0.4, -0.2) is 62.2 Å². The Hall–Kier alpha value is -4.95. The summed E-state index contributed by atoms with van der Waals surface area (Å²) < 4.78 is 42.0. The highest BCUT2D eigenvalue weighted by Gasteiger charge is 2.39. The number of piperazine rings is 1. The Morgan fingerprint density at radius 2 is 1.46 bits per heavy atom. The van der Waals surface area contributed by atoms with Crippen molar-refractivity contribution < 1.29 is 27.9 Å². The van der Waals surface area contributed by atoms with Crippen LogP contribution in [0.3, 0.4) is 0 Å². The van der Waals surface area contributed by atoms with Crippen LogP contribution < -0.4 is 9.62 Å². The van der Waals surface area contributed by atoms with E-state index < -0.39 is 16.3 Å². The lowest BCUT2D eigenvalue weighted by atomic mass is 9.89. The number of hydrogen-bond donors (Lipinski definition) is 2. The molecular weight excluding hydrogens is 705 g/mol. The number of nitrogens with one attached hydrogen (secondary N) is 1. The molecule has 5 aromatic rings. The van der Waals surface area contributed by atoms with E-state index in [0.29, 0.717) is 6.54 Å². The molecule has 0 radical (unpaired) electrons. The summed E-state index contributed by atoms with van der Waals surface area (Å²) in [7, 11) is -3.65. The third kappa shape index (κ3) is 8.71. The standard InChI is InChI=1S/C42H44N4O7S/c1-30-40(28-44-21-23-45(24-22-44)37-17-19-38(20-18-37)46(48)49)52-42(53-41(30)33-15-13-31(29-47)14-16-33)36-10-6-9-35(26-36)34-8-5-7-32(25-34)27-43-54(50,51)39-11-3-2-4-12-39/h2-20,25-26,30,40-43,47H,21-24,27-29H2,1H3/t30-,40+,41+,42+/m1/s1. The molecule has 4 atom stereocenters. The molecule has 54 heavy (non-hydrogen) atoms. The largest absolute Gasteiger partial charge is 0.392 e. The molecule has 2 fully saturated rings. The Labute approximate surface area is 316 Å². The topological polar surface area (TPSA) is 134 Å². The third-order valence-electron chi connectivity index (χ3n) is 10.3. The lowest BCUT2D eigenvalue weighted by molar-refractivity contribution is -0.384. The Morgan fingerprint density at radius 3 is 2.15 bits per heavy atom. The van der Waals surface area contributed by atoms with E-state index in [2.05, 4.69) is 27.5 Å². The van der Waals surface area contributed by atoms with Gasteiger partial charge in [-0.3, -0.25) is 15.0 Å². The number of rotatable bonds is 12. The number of benzene rings is 5. The van der Waals surface area contributed by atoms with Crippen LogP contribution in [0.1, 0.15) is 41.6 Å². The zero-order valence-electron chi connectivity index (χ0n) is 30.0. The lowest BCUT2D eigenvalue weighted by Crippen LogP contribution is -2.51. The second-order valence-corrected chi connectivity index (χ2v) is 15.6. The van der Waals surface area contributed by atoms with Crippen molar-refractivity contribution in [1.29, 1.82) is 0 Å². The highest BCUT2D eigenvalue weighted by molar-refractivity contribution is 7.89. The van der Waals surface area contributed by atoms with E-state index in [4.69, 9.17) is 9.47 Å². The SMILES string of the molecule is C[C@@H]1[C@H](CN2CCN(c3ccc([N+](=O)[O-])cc3)CC2)O[C@H](c2cccc(-c3cccc(CNS(=O)(=O)c4ccccc4)c3)c2)O[C@@H]1c1ccc(CO)cc1. The van der Waals surface area contributed by atoms with Gasteiger partial charge in [0.2, 0.25) is 10.0 Å². The van der Waals surface area contributed by atoms with Gasteiger partial charge < -0.3 is 19.5 Å². The van der Waals surface area contributed by atoms with Crippen LogP contribution in [0.25, 0.3) is 11.1 Å². The van der Waals surface area contributed by atoms with E-state index in [1.54, 1.807) is 42.5 Å². The van der Waals surface area contributed by atoms with E-state index in [1.165, 1.54) is 0 Å². The molecule has 2 aliphatic rings. The highest BCUT2D eigenvalue weighted by Crippen LogP contribution is 2.42. The van der Waals surface area contributed by atoms with Crippen molar-refractivity contribution in [1.82, 2.24) is 9.62 Å². The zero-order chi connectivity index (χ0) is 37.7. The molecule has 0 bridgehead atoms. The summed E-state index contributed by atoms with van der Waals surface area (Å²) in [6, 6.07) is 38.8. The maximum absolute atomic E-state index is 12.8. The molecule has 11 nitrogen and oxygen atoms in total. The Bertz CT molecular complexity index is 2140. The molecular formula is C42H44N4O7S. The number of aliphatic hydroxyl groups is 1. The molecule has 2 heterocycles. The average Bonchev–Trinajstić information content (AvgIpc) is 3.22. The van der Waals surface area contributed by atoms with Gasteiger partial charge in [-0.1, -0.05) is 85.8 Å². The van der Waals surface area contributed by atoms with Gasteiger partial charge in [0, 0.05) is 68.6 Å². The molecule has 0 amide bonds. The maximum Gasteiger partial charge on any atom is 0.269 e. The van der Waals surface area contributed by atoms with Crippen LogP contribution >= 0.6 is 0 Å². The van der Waals surface area contributed by atoms with Crippen molar-refractivity contribution in [2.24, 2.45) is 5.92 Å². The molecule has 2 N–H and O–H groups in total. The van der Waals surface area contributed by atoms with Crippen molar-refractivity contribution in [2.75, 3.05) is 37.6 Å². The number of aliphatic hydroxyl groups excluding tert-OH is 1. The second kappa shape index (κ2) is 16.6. The monoisotopic (exact) mass is 748 g/mol. The van der Waals surface area contributed by atoms with Gasteiger partial charge in [0.05, 0.1) is 28.6 Å². The van der Waals surface area contributed by atoms with Gasteiger partial charge in [0.25, 0.3) is 5.69 Å². The minimum absolute atomic E-state index is 0.0217. The zero-order valence-corrected chi connectivity index (χ0v) is 30.8. The first-order chi connectivity index (χ1) is 26.2. The van der Waals surface area contributed by atoms with Crippen molar-refractivity contribution in [3.63, 3.8) is 0 Å². The number of anilines is 1. The molecule has 2 aliphatic heterocycles. The molecule has 7 rings (SSSR count). The molecule has 12 heteroatoms. The first-order valence-electron chi connectivity index (χ1n) is 18.1. The number of ether oxygens (including phenoxy) is 2. The summed E-state index contributed by atoms with van der Waals surface area (Å²) >= 11 is 0. The van der Waals surface area contributed by atoms with E-state index in [-0.39, 0.29) is 46.8 Å². The smallest absolute Gasteiger partial charge is 0.269 e. The fourth-order valence-corrected chi connectivity index (χ4v) is 8.18. The van der Waals surface area contributed by atoms with Gasteiger partial charge in [0.1, 0.15) is 0 Å². The number of hydrogen-bond acceptors (Lipinski definition) is 9. The molecule has 0 unspecified atom stereocenters. The van der Waals surface area contributed by atoms with Crippen LogP contribution in [0, 0.1) is 16.0 Å². The van der Waals surface area contributed by atoms with E-state index in [9.17, 15) is 23.6 Å².